The van der Waals surface area contributed by atoms with Crippen LogP contribution in [0.1, 0.15) is 17.2 Å². The van der Waals surface area contributed by atoms with Crippen LogP contribution in [0.15, 0.2) is 48.8 Å². The summed E-state index contributed by atoms with van der Waals surface area (Å²) < 4.78 is 5.91. The van der Waals surface area contributed by atoms with E-state index in [0.29, 0.717) is 13.2 Å². The monoisotopic (exact) mass is 323 g/mol. The molecule has 3 atom stereocenters. The highest BCUT2D eigenvalue weighted by molar-refractivity contribution is 5.80. The van der Waals surface area contributed by atoms with Crippen LogP contribution in [0.25, 0.3) is 0 Å². The van der Waals surface area contributed by atoms with Crippen molar-refractivity contribution in [1.82, 2.24) is 15.2 Å². The van der Waals surface area contributed by atoms with Gasteiger partial charge in [-0.15, -0.1) is 0 Å². The normalized spacial score (nSPS) is 25.5. The fourth-order valence-electron chi connectivity index (χ4n) is 3.92. The molecule has 24 heavy (non-hydrogen) atoms. The van der Waals surface area contributed by atoms with E-state index in [9.17, 15) is 4.79 Å². The van der Waals surface area contributed by atoms with Gasteiger partial charge >= 0.3 is 0 Å². The van der Waals surface area contributed by atoms with E-state index in [1.807, 2.05) is 30.3 Å². The first-order chi connectivity index (χ1) is 11.7. The van der Waals surface area contributed by atoms with Crippen LogP contribution in [-0.2, 0) is 11.3 Å². The van der Waals surface area contributed by atoms with Crippen LogP contribution >= 0.6 is 0 Å². The Labute approximate surface area is 141 Å². The highest BCUT2D eigenvalue weighted by Gasteiger charge is 2.47. The van der Waals surface area contributed by atoms with Crippen molar-refractivity contribution in [2.75, 3.05) is 20.2 Å². The van der Waals surface area contributed by atoms with Gasteiger partial charge in [0.05, 0.1) is 12.5 Å². The van der Waals surface area contributed by atoms with Crippen molar-refractivity contribution in [2.45, 2.75) is 12.6 Å². The molecule has 2 aromatic rings. The number of fused-ring (bicyclic) bond motifs is 3. The third-order valence-electron chi connectivity index (χ3n) is 5.10. The number of nitrogens with zero attached hydrogens (tertiary/aromatic N) is 2. The molecule has 0 spiro atoms. The van der Waals surface area contributed by atoms with Crippen molar-refractivity contribution < 1.29 is 9.53 Å². The van der Waals surface area contributed by atoms with E-state index in [1.54, 1.807) is 12.4 Å². The molecule has 5 nitrogen and oxygen atoms in total. The Morgan fingerprint density at radius 3 is 2.92 bits per heavy atom. The molecule has 1 saturated heterocycles. The topological polar surface area (TPSA) is 54.5 Å². The molecule has 1 amide bonds. The van der Waals surface area contributed by atoms with Gasteiger partial charge in [0.1, 0.15) is 5.75 Å². The molecule has 0 bridgehead atoms. The van der Waals surface area contributed by atoms with Crippen molar-refractivity contribution in [3.63, 3.8) is 0 Å². The van der Waals surface area contributed by atoms with Gasteiger partial charge < -0.3 is 10.1 Å². The lowest BCUT2D eigenvalue weighted by Crippen LogP contribution is -2.37. The number of hydrogen-bond acceptors (Lipinski definition) is 4. The largest absolute Gasteiger partial charge is 0.493 e. The number of para-hydroxylation sites is 1. The first-order valence-corrected chi connectivity index (χ1v) is 8.32. The zero-order chi connectivity index (χ0) is 16.5. The lowest BCUT2D eigenvalue weighted by atomic mass is 9.85. The van der Waals surface area contributed by atoms with Crippen LogP contribution in [0.4, 0.5) is 0 Å². The SMILES string of the molecule is CN1C[C@@H](C(=O)NCc2ccncc2)[C@@H]2COc3ccccc3[C@@H]21. The third-order valence-corrected chi connectivity index (χ3v) is 5.10. The van der Waals surface area contributed by atoms with E-state index in [0.717, 1.165) is 17.9 Å². The van der Waals surface area contributed by atoms with Crippen LogP contribution in [0.5, 0.6) is 5.75 Å². The molecule has 0 radical (unpaired) electrons. The number of carbonyl (C=O) groups is 1. The van der Waals surface area contributed by atoms with Gasteiger partial charge in [-0.1, -0.05) is 18.2 Å². The number of amides is 1. The summed E-state index contributed by atoms with van der Waals surface area (Å²) >= 11 is 0. The van der Waals surface area contributed by atoms with Crippen molar-refractivity contribution in [3.05, 3.63) is 59.9 Å². The molecule has 1 aromatic carbocycles. The van der Waals surface area contributed by atoms with Crippen LogP contribution in [0, 0.1) is 11.8 Å². The van der Waals surface area contributed by atoms with Crippen LogP contribution in [0.3, 0.4) is 0 Å². The number of ether oxygens (including phenoxy) is 1. The lowest BCUT2D eigenvalue weighted by Gasteiger charge is -2.32. The molecule has 5 heteroatoms. The van der Waals surface area contributed by atoms with E-state index in [4.69, 9.17) is 4.74 Å². The molecule has 124 valence electrons. The van der Waals surface area contributed by atoms with Gasteiger partial charge in [-0.2, -0.15) is 0 Å². The fraction of sp³-hybridized carbons (Fsp3) is 0.368. The Balaban J connectivity index is 1.49. The van der Waals surface area contributed by atoms with E-state index < -0.39 is 0 Å². The number of nitrogens with one attached hydrogen (secondary N) is 1. The molecule has 1 aromatic heterocycles. The molecule has 0 saturated carbocycles. The zero-order valence-electron chi connectivity index (χ0n) is 13.7. The number of rotatable bonds is 3. The minimum absolute atomic E-state index is 0.0461. The smallest absolute Gasteiger partial charge is 0.225 e. The second-order valence-electron chi connectivity index (χ2n) is 6.58. The summed E-state index contributed by atoms with van der Waals surface area (Å²) in [5.41, 5.74) is 2.26. The van der Waals surface area contributed by atoms with Gasteiger partial charge in [-0.05, 0) is 30.8 Å². The summed E-state index contributed by atoms with van der Waals surface area (Å²) in [6.07, 6.45) is 3.49. The molecular weight excluding hydrogens is 302 g/mol. The molecule has 4 rings (SSSR count). The van der Waals surface area contributed by atoms with Crippen LogP contribution in [0.2, 0.25) is 0 Å². The molecular formula is C19H21N3O2. The molecule has 3 heterocycles. The fourth-order valence-corrected chi connectivity index (χ4v) is 3.92. The number of hydrogen-bond donors (Lipinski definition) is 1. The first-order valence-electron chi connectivity index (χ1n) is 8.32. The number of pyridine rings is 1. The summed E-state index contributed by atoms with van der Waals surface area (Å²) in [5.74, 6) is 1.20. The molecule has 1 fully saturated rings. The maximum absolute atomic E-state index is 12.7. The summed E-state index contributed by atoms with van der Waals surface area (Å²) in [5, 5.41) is 3.07. The van der Waals surface area contributed by atoms with E-state index in [1.165, 1.54) is 5.56 Å². The average molecular weight is 323 g/mol. The van der Waals surface area contributed by atoms with Gasteiger partial charge in [-0.3, -0.25) is 14.7 Å². The predicted molar refractivity (Wildman–Crippen MR) is 90.4 cm³/mol. The van der Waals surface area contributed by atoms with Gasteiger partial charge in [0.15, 0.2) is 0 Å². The maximum atomic E-state index is 12.7. The minimum Gasteiger partial charge on any atom is -0.493 e. The summed E-state index contributed by atoms with van der Waals surface area (Å²) in [6.45, 7) is 1.89. The van der Waals surface area contributed by atoms with Crippen molar-refractivity contribution in [3.8, 4) is 5.75 Å². The second-order valence-corrected chi connectivity index (χ2v) is 6.58. The Bertz CT molecular complexity index is 734. The van der Waals surface area contributed by atoms with Gasteiger partial charge in [-0.25, -0.2) is 0 Å². The van der Waals surface area contributed by atoms with Crippen molar-refractivity contribution >= 4 is 5.91 Å². The number of carbonyl (C=O) groups excluding carboxylic acids is 1. The van der Waals surface area contributed by atoms with Crippen LogP contribution in [-0.4, -0.2) is 36.0 Å². The summed E-state index contributed by atoms with van der Waals surface area (Å²) in [4.78, 5) is 19.0. The molecule has 2 aliphatic heterocycles. The van der Waals surface area contributed by atoms with Crippen molar-refractivity contribution in [1.29, 1.82) is 0 Å². The Morgan fingerprint density at radius 2 is 2.08 bits per heavy atom. The number of benzene rings is 1. The lowest BCUT2D eigenvalue weighted by molar-refractivity contribution is -0.126. The van der Waals surface area contributed by atoms with E-state index in [-0.39, 0.29) is 23.8 Å². The van der Waals surface area contributed by atoms with Crippen LogP contribution < -0.4 is 10.1 Å². The minimum atomic E-state index is -0.0461. The third kappa shape index (κ3) is 2.65. The van der Waals surface area contributed by atoms with Crippen molar-refractivity contribution in [2.24, 2.45) is 11.8 Å². The second kappa shape index (κ2) is 6.24. The summed E-state index contributed by atoms with van der Waals surface area (Å²) in [7, 11) is 2.09. The Morgan fingerprint density at radius 1 is 1.29 bits per heavy atom. The predicted octanol–water partition coefficient (Wildman–Crippen LogP) is 2.01. The Hall–Kier alpha value is -2.40. The van der Waals surface area contributed by atoms with Gasteiger partial charge in [0.2, 0.25) is 5.91 Å². The van der Waals surface area contributed by atoms with Gasteiger partial charge in [0.25, 0.3) is 0 Å². The highest BCUT2D eigenvalue weighted by Crippen LogP contribution is 2.46. The summed E-state index contributed by atoms with van der Waals surface area (Å²) in [6, 6.07) is 12.2. The number of aromatic nitrogens is 1. The quantitative estimate of drug-likeness (QED) is 0.939. The first kappa shape index (κ1) is 15.1. The number of likely N-dealkylation sites (tertiary alicyclic amines) is 1. The molecule has 2 aliphatic rings. The zero-order valence-corrected chi connectivity index (χ0v) is 13.7. The van der Waals surface area contributed by atoms with E-state index in [2.05, 4.69) is 28.3 Å². The average Bonchev–Trinajstić information content (AvgIpc) is 2.98. The molecule has 0 aliphatic carbocycles. The highest BCUT2D eigenvalue weighted by atomic mass is 16.5. The molecule has 0 unspecified atom stereocenters. The van der Waals surface area contributed by atoms with Gasteiger partial charge in [0, 0.05) is 43.0 Å². The Kier molecular flexibility index (Phi) is 3.94. The van der Waals surface area contributed by atoms with E-state index >= 15 is 0 Å². The maximum Gasteiger partial charge on any atom is 0.225 e. The molecule has 1 N–H and O–H groups in total. The standard InChI is InChI=1S/C19H21N3O2/c1-22-11-15(19(23)21-10-13-6-8-20-9-7-13)16-12-24-17-5-3-2-4-14(17)18(16)22/h2-9,15-16,18H,10-12H2,1H3,(H,21,23)/t15-,16+,18+/m1/s1.